The van der Waals surface area contributed by atoms with E-state index in [1.165, 1.54) is 18.2 Å². The molecule has 0 aromatic heterocycles. The summed E-state index contributed by atoms with van der Waals surface area (Å²) in [6.45, 7) is 7.47. The number of ketones is 1. The van der Waals surface area contributed by atoms with Crippen LogP contribution < -0.4 is 4.74 Å². The number of aromatic hydroxyl groups is 1. The maximum Gasteiger partial charge on any atom is 0.231 e. The maximum absolute atomic E-state index is 13.4. The van der Waals surface area contributed by atoms with Crippen LogP contribution in [0.25, 0.3) is 6.08 Å². The summed E-state index contributed by atoms with van der Waals surface area (Å²) in [7, 11) is 0. The van der Waals surface area contributed by atoms with Gasteiger partial charge in [0.2, 0.25) is 5.78 Å². The second-order valence-corrected chi connectivity index (χ2v) is 7.15. The topological polar surface area (TPSA) is 53.0 Å². The Bertz CT molecular complexity index is 933. The smallest absolute Gasteiger partial charge is 0.231 e. The van der Waals surface area contributed by atoms with E-state index in [4.69, 9.17) is 4.74 Å². The highest BCUT2D eigenvalue weighted by molar-refractivity contribution is 6.15. The predicted octanol–water partition coefficient (Wildman–Crippen LogP) is 3.29. The van der Waals surface area contributed by atoms with Crippen LogP contribution in [0.4, 0.5) is 4.39 Å². The molecule has 0 aliphatic carbocycles. The molecule has 1 saturated heterocycles. The second kappa shape index (κ2) is 7.73. The Balaban J connectivity index is 1.59. The maximum atomic E-state index is 13.4. The van der Waals surface area contributed by atoms with Crippen LogP contribution in [-0.2, 0) is 6.54 Å². The summed E-state index contributed by atoms with van der Waals surface area (Å²) in [6, 6.07) is 9.12. The minimum absolute atomic E-state index is 0.122. The van der Waals surface area contributed by atoms with E-state index in [2.05, 4.69) is 16.7 Å². The van der Waals surface area contributed by atoms with Gasteiger partial charge < -0.3 is 14.7 Å². The molecule has 0 atom stereocenters. The van der Waals surface area contributed by atoms with Crippen LogP contribution in [0.5, 0.6) is 11.5 Å². The minimum atomic E-state index is -0.373. The zero-order valence-electron chi connectivity index (χ0n) is 15.8. The molecule has 0 radical (unpaired) electrons. The van der Waals surface area contributed by atoms with Crippen molar-refractivity contribution in [2.24, 2.45) is 0 Å². The molecule has 0 saturated carbocycles. The molecule has 2 aliphatic heterocycles. The van der Waals surface area contributed by atoms with Gasteiger partial charge in [-0.2, -0.15) is 0 Å². The first-order valence-electron chi connectivity index (χ1n) is 9.54. The van der Waals surface area contributed by atoms with Crippen LogP contribution in [-0.4, -0.2) is 53.4 Å². The molecular formula is C22H23FN2O3. The molecule has 0 amide bonds. The van der Waals surface area contributed by atoms with E-state index in [0.717, 1.165) is 32.7 Å². The van der Waals surface area contributed by atoms with Gasteiger partial charge >= 0.3 is 0 Å². The Kier molecular flexibility index (Phi) is 5.15. The van der Waals surface area contributed by atoms with Crippen molar-refractivity contribution in [1.29, 1.82) is 0 Å². The lowest BCUT2D eigenvalue weighted by molar-refractivity contribution is 0.101. The molecule has 4 rings (SSSR count). The molecule has 2 heterocycles. The van der Waals surface area contributed by atoms with Gasteiger partial charge in [-0.15, -0.1) is 0 Å². The molecule has 28 heavy (non-hydrogen) atoms. The molecule has 2 aliphatic rings. The molecule has 2 aromatic carbocycles. The largest absolute Gasteiger partial charge is 0.507 e. The number of piperazine rings is 1. The van der Waals surface area contributed by atoms with Crippen molar-refractivity contribution in [3.8, 4) is 11.5 Å². The first kappa shape index (κ1) is 18.7. The van der Waals surface area contributed by atoms with E-state index in [1.54, 1.807) is 24.3 Å². The normalized spacial score (nSPS) is 19.1. The summed E-state index contributed by atoms with van der Waals surface area (Å²) in [5.74, 6) is 0.0449. The van der Waals surface area contributed by atoms with Crippen molar-refractivity contribution < 1.29 is 19.0 Å². The number of carbonyl (C=O) groups is 1. The van der Waals surface area contributed by atoms with Gasteiger partial charge in [0.15, 0.2) is 5.76 Å². The van der Waals surface area contributed by atoms with Gasteiger partial charge in [0.05, 0.1) is 11.1 Å². The quantitative estimate of drug-likeness (QED) is 0.823. The average Bonchev–Trinajstić information content (AvgIpc) is 3.00. The van der Waals surface area contributed by atoms with Gasteiger partial charge in [-0.1, -0.05) is 19.1 Å². The predicted molar refractivity (Wildman–Crippen MR) is 105 cm³/mol. The number of hydrogen-bond donors (Lipinski definition) is 1. The summed E-state index contributed by atoms with van der Waals surface area (Å²) >= 11 is 0. The third kappa shape index (κ3) is 3.66. The number of rotatable bonds is 4. The van der Waals surface area contributed by atoms with E-state index < -0.39 is 0 Å². The number of hydrogen-bond acceptors (Lipinski definition) is 5. The van der Waals surface area contributed by atoms with Crippen molar-refractivity contribution >= 4 is 11.9 Å². The third-order valence-electron chi connectivity index (χ3n) is 5.36. The van der Waals surface area contributed by atoms with Crippen LogP contribution in [0.15, 0.2) is 42.2 Å². The SMILES string of the molecule is CCN1CCN(Cc2c(O)ccc3c2O/C(=C/c2cccc(F)c2)C3=O)CC1. The van der Waals surface area contributed by atoms with E-state index in [1.807, 2.05) is 0 Å². The highest BCUT2D eigenvalue weighted by Crippen LogP contribution is 2.40. The van der Waals surface area contributed by atoms with Gasteiger partial charge in [0, 0.05) is 32.7 Å². The van der Waals surface area contributed by atoms with Crippen LogP contribution in [0, 0.1) is 5.82 Å². The van der Waals surface area contributed by atoms with Crippen LogP contribution in [0.1, 0.15) is 28.4 Å². The van der Waals surface area contributed by atoms with E-state index in [9.17, 15) is 14.3 Å². The standard InChI is InChI=1S/C22H23FN2O3/c1-2-24-8-10-25(11-9-24)14-18-19(26)7-6-17-21(27)20(28-22(17)18)13-15-4-3-5-16(23)12-15/h3-7,12-13,26H,2,8-11,14H2,1H3/b20-13+. The number of allylic oxidation sites excluding steroid dienone is 1. The Morgan fingerprint density at radius 3 is 2.61 bits per heavy atom. The number of likely N-dealkylation sites (N-methyl/N-ethyl adjacent to an activating group) is 1. The van der Waals surface area contributed by atoms with Crippen LogP contribution in [0.3, 0.4) is 0 Å². The lowest BCUT2D eigenvalue weighted by Crippen LogP contribution is -2.45. The van der Waals surface area contributed by atoms with Crippen molar-refractivity contribution in [1.82, 2.24) is 9.80 Å². The van der Waals surface area contributed by atoms with Gasteiger partial charge in [-0.3, -0.25) is 9.69 Å². The second-order valence-electron chi connectivity index (χ2n) is 7.15. The summed E-state index contributed by atoms with van der Waals surface area (Å²) in [6.07, 6.45) is 1.53. The number of nitrogens with zero attached hydrogens (tertiary/aromatic N) is 2. The highest BCUT2D eigenvalue weighted by atomic mass is 19.1. The number of phenols is 1. The number of fused-ring (bicyclic) bond motifs is 1. The number of halogens is 1. The average molecular weight is 382 g/mol. The molecule has 146 valence electrons. The molecule has 6 heteroatoms. The monoisotopic (exact) mass is 382 g/mol. The summed E-state index contributed by atoms with van der Waals surface area (Å²) in [5.41, 5.74) is 1.61. The zero-order valence-corrected chi connectivity index (χ0v) is 15.8. The van der Waals surface area contributed by atoms with Gasteiger partial charge in [0.25, 0.3) is 0 Å². The van der Waals surface area contributed by atoms with Crippen molar-refractivity contribution in [3.05, 3.63) is 64.7 Å². The molecule has 5 nitrogen and oxygen atoms in total. The molecule has 0 spiro atoms. The Morgan fingerprint density at radius 2 is 1.89 bits per heavy atom. The third-order valence-corrected chi connectivity index (χ3v) is 5.36. The number of carbonyl (C=O) groups excluding carboxylic acids is 1. The molecule has 1 fully saturated rings. The van der Waals surface area contributed by atoms with E-state index >= 15 is 0 Å². The fraction of sp³-hybridized carbons (Fsp3) is 0.318. The van der Waals surface area contributed by atoms with Gasteiger partial charge in [-0.25, -0.2) is 4.39 Å². The first-order valence-corrected chi connectivity index (χ1v) is 9.54. The lowest BCUT2D eigenvalue weighted by atomic mass is 10.0. The fourth-order valence-corrected chi connectivity index (χ4v) is 3.68. The van der Waals surface area contributed by atoms with E-state index in [0.29, 0.717) is 29.0 Å². The Morgan fingerprint density at radius 1 is 1.14 bits per heavy atom. The van der Waals surface area contributed by atoms with Gasteiger partial charge in [0.1, 0.15) is 17.3 Å². The zero-order chi connectivity index (χ0) is 19.7. The number of benzene rings is 2. The molecule has 1 N–H and O–H groups in total. The molecule has 0 bridgehead atoms. The van der Waals surface area contributed by atoms with Crippen LogP contribution in [0.2, 0.25) is 0 Å². The fourth-order valence-electron chi connectivity index (χ4n) is 3.68. The van der Waals surface area contributed by atoms with Crippen molar-refractivity contribution in [2.45, 2.75) is 13.5 Å². The first-order chi connectivity index (χ1) is 13.5. The number of ether oxygens (including phenoxy) is 1. The van der Waals surface area contributed by atoms with Gasteiger partial charge in [-0.05, 0) is 42.4 Å². The lowest BCUT2D eigenvalue weighted by Gasteiger charge is -2.34. The van der Waals surface area contributed by atoms with Crippen molar-refractivity contribution in [3.63, 3.8) is 0 Å². The molecule has 0 unspecified atom stereocenters. The summed E-state index contributed by atoms with van der Waals surface area (Å²) in [5, 5.41) is 10.4. The Labute approximate surface area is 163 Å². The number of Topliss-reactive ketones (excluding diaryl/α,β-unsaturated/α-hetero) is 1. The Hall–Kier alpha value is -2.70. The van der Waals surface area contributed by atoms with Crippen molar-refractivity contribution in [2.75, 3.05) is 32.7 Å². The number of phenolic OH excluding ortho intramolecular Hbond substituents is 1. The molecule has 2 aromatic rings. The highest BCUT2D eigenvalue weighted by Gasteiger charge is 2.32. The minimum Gasteiger partial charge on any atom is -0.507 e. The summed E-state index contributed by atoms with van der Waals surface area (Å²) in [4.78, 5) is 17.4. The van der Waals surface area contributed by atoms with E-state index in [-0.39, 0.29) is 23.1 Å². The summed E-state index contributed by atoms with van der Waals surface area (Å²) < 4.78 is 19.3. The molecular weight excluding hydrogens is 359 g/mol. The van der Waals surface area contributed by atoms with Crippen LogP contribution >= 0.6 is 0 Å².